The van der Waals surface area contributed by atoms with Crippen LogP contribution in [0, 0.1) is 17.7 Å². The van der Waals surface area contributed by atoms with E-state index in [1.807, 2.05) is 0 Å². The number of Topliss-reactive ketones (excluding diaryl/α,β-unsaturated/α-hetero) is 1. The maximum atomic E-state index is 15.0. The van der Waals surface area contributed by atoms with Crippen LogP contribution in [0.25, 0.3) is 10.9 Å². The van der Waals surface area contributed by atoms with Gasteiger partial charge in [-0.1, -0.05) is 11.6 Å². The van der Waals surface area contributed by atoms with Gasteiger partial charge in [0.05, 0.1) is 22.3 Å². The number of carbonyl (C=O) groups excluding carboxylic acids is 2. The Labute approximate surface area is 169 Å². The fourth-order valence-corrected chi connectivity index (χ4v) is 3.92. The van der Waals surface area contributed by atoms with Gasteiger partial charge in [-0.3, -0.25) is 9.89 Å². The van der Waals surface area contributed by atoms with E-state index in [1.165, 1.54) is 17.2 Å². The highest BCUT2D eigenvalue weighted by Crippen LogP contribution is 2.39. The van der Waals surface area contributed by atoms with Crippen molar-refractivity contribution in [2.45, 2.75) is 31.6 Å². The number of hydrogen-bond donors (Lipinski definition) is 2. The summed E-state index contributed by atoms with van der Waals surface area (Å²) < 4.78 is 44.5. The van der Waals surface area contributed by atoms with Gasteiger partial charge in [-0.05, 0) is 37.7 Å². The number of amides is 2. The first-order valence-electron chi connectivity index (χ1n) is 9.55. The number of urea groups is 1. The number of rotatable bonds is 5. The molecule has 2 aliphatic rings. The third-order valence-electron chi connectivity index (χ3n) is 5.69. The highest BCUT2D eigenvalue weighted by atomic mass is 35.5. The molecule has 0 bridgehead atoms. The van der Waals surface area contributed by atoms with Crippen LogP contribution in [0.15, 0.2) is 12.3 Å². The normalized spacial score (nSPS) is 18.3. The molecule has 2 amide bonds. The second-order valence-electron chi connectivity index (χ2n) is 7.72. The van der Waals surface area contributed by atoms with Gasteiger partial charge < -0.3 is 10.2 Å². The summed E-state index contributed by atoms with van der Waals surface area (Å²) in [7, 11) is 0. The van der Waals surface area contributed by atoms with Crippen LogP contribution >= 0.6 is 11.6 Å². The number of halogens is 4. The number of fused-ring (bicyclic) bond motifs is 1. The number of hydrogen-bond acceptors (Lipinski definition) is 3. The van der Waals surface area contributed by atoms with Crippen molar-refractivity contribution in [1.29, 1.82) is 0 Å². The molecule has 4 rings (SSSR count). The van der Waals surface area contributed by atoms with Crippen LogP contribution in [0.1, 0.15) is 36.0 Å². The van der Waals surface area contributed by atoms with Crippen molar-refractivity contribution in [3.63, 3.8) is 0 Å². The van der Waals surface area contributed by atoms with Crippen LogP contribution in [0.4, 0.5) is 18.0 Å². The van der Waals surface area contributed by atoms with Crippen LogP contribution in [0.5, 0.6) is 0 Å². The minimum atomic E-state index is -3.79. The fraction of sp³-hybridized carbons (Fsp3) is 0.526. The molecule has 0 radical (unpaired) electrons. The van der Waals surface area contributed by atoms with Gasteiger partial charge >= 0.3 is 12.0 Å². The summed E-state index contributed by atoms with van der Waals surface area (Å²) in [5.74, 6) is -7.38. The van der Waals surface area contributed by atoms with Crippen LogP contribution < -0.4 is 5.32 Å². The van der Waals surface area contributed by atoms with Gasteiger partial charge in [-0.25, -0.2) is 9.18 Å². The van der Waals surface area contributed by atoms with Crippen molar-refractivity contribution in [2.75, 3.05) is 19.6 Å². The van der Waals surface area contributed by atoms with Crippen molar-refractivity contribution in [3.8, 4) is 0 Å². The molecular formula is C19H20ClF3N4O2. The maximum Gasteiger partial charge on any atom is 0.317 e. The van der Waals surface area contributed by atoms with Crippen LogP contribution in [-0.2, 0) is 0 Å². The maximum absolute atomic E-state index is 15.0. The van der Waals surface area contributed by atoms with Crippen molar-refractivity contribution < 1.29 is 22.8 Å². The summed E-state index contributed by atoms with van der Waals surface area (Å²) in [6, 6.07) is 0.952. The van der Waals surface area contributed by atoms with Gasteiger partial charge in [-0.2, -0.15) is 13.9 Å². The van der Waals surface area contributed by atoms with Gasteiger partial charge in [0, 0.05) is 30.9 Å². The first kappa shape index (κ1) is 20.0. The number of H-pyrrole nitrogens is 1. The van der Waals surface area contributed by atoms with Crippen LogP contribution in [-0.4, -0.2) is 52.5 Å². The summed E-state index contributed by atoms with van der Waals surface area (Å²) in [5, 5.41) is 8.75. The lowest BCUT2D eigenvalue weighted by atomic mass is 9.85. The Morgan fingerprint density at radius 3 is 2.62 bits per heavy atom. The largest absolute Gasteiger partial charge is 0.338 e. The average molecular weight is 429 g/mol. The SMILES string of the molecule is O=C(NCC1CC1)N1CCC(C(F)(F)C(=O)c2c(F)c(Cl)cc3cn[nH]c23)CC1. The predicted molar refractivity (Wildman–Crippen MR) is 101 cm³/mol. The van der Waals surface area contributed by atoms with Gasteiger partial charge in [-0.15, -0.1) is 0 Å². The molecule has 1 aliphatic heterocycles. The van der Waals surface area contributed by atoms with E-state index in [0.29, 0.717) is 12.5 Å². The smallest absolute Gasteiger partial charge is 0.317 e. The number of carbonyl (C=O) groups is 2. The van der Waals surface area contributed by atoms with E-state index in [1.54, 1.807) is 0 Å². The van der Waals surface area contributed by atoms with Crippen LogP contribution in [0.2, 0.25) is 5.02 Å². The second-order valence-corrected chi connectivity index (χ2v) is 8.13. The molecular weight excluding hydrogens is 409 g/mol. The molecule has 2 N–H and O–H groups in total. The standard InChI is InChI=1S/C19H20ClF3N4O2/c20-13-7-11-9-25-26-16(11)14(15(13)21)17(28)19(22,23)12-3-5-27(6-4-12)18(29)24-8-10-1-2-10/h7,9-10,12H,1-6,8H2,(H,24,29)(H,25,26). The third-order valence-corrected chi connectivity index (χ3v) is 5.97. The lowest BCUT2D eigenvalue weighted by Crippen LogP contribution is -2.49. The van der Waals surface area contributed by atoms with E-state index in [-0.39, 0.29) is 42.9 Å². The van der Waals surface area contributed by atoms with Crippen LogP contribution in [0.3, 0.4) is 0 Å². The van der Waals surface area contributed by atoms with E-state index >= 15 is 8.78 Å². The highest BCUT2D eigenvalue weighted by Gasteiger charge is 2.50. The number of nitrogens with zero attached hydrogens (tertiary/aromatic N) is 2. The Bertz CT molecular complexity index is 952. The zero-order valence-electron chi connectivity index (χ0n) is 15.5. The minimum absolute atomic E-state index is 0.0517. The number of likely N-dealkylation sites (tertiary alicyclic amines) is 1. The third kappa shape index (κ3) is 3.80. The Kier molecular flexibility index (Phi) is 5.18. The number of piperidine rings is 1. The molecule has 2 fully saturated rings. The summed E-state index contributed by atoms with van der Waals surface area (Å²) in [4.78, 5) is 26.3. The Morgan fingerprint density at radius 1 is 1.28 bits per heavy atom. The molecule has 2 aromatic rings. The lowest BCUT2D eigenvalue weighted by molar-refractivity contribution is -0.0468. The Morgan fingerprint density at radius 2 is 1.97 bits per heavy atom. The topological polar surface area (TPSA) is 78.1 Å². The van der Waals surface area contributed by atoms with Crippen molar-refractivity contribution >= 4 is 34.3 Å². The molecule has 0 atom stereocenters. The van der Waals surface area contributed by atoms with Crippen molar-refractivity contribution in [3.05, 3.63) is 28.7 Å². The average Bonchev–Trinajstić information content (AvgIpc) is 3.43. The molecule has 1 saturated heterocycles. The quantitative estimate of drug-likeness (QED) is 0.706. The summed E-state index contributed by atoms with van der Waals surface area (Å²) in [6.45, 7) is 0.824. The number of aromatic amines is 1. The molecule has 6 nitrogen and oxygen atoms in total. The van der Waals surface area contributed by atoms with E-state index < -0.39 is 34.0 Å². The Hall–Kier alpha value is -2.29. The molecule has 1 aromatic heterocycles. The van der Waals surface area contributed by atoms with E-state index in [4.69, 9.17) is 11.6 Å². The van der Waals surface area contributed by atoms with Gasteiger partial charge in [0.25, 0.3) is 0 Å². The summed E-state index contributed by atoms with van der Waals surface area (Å²) >= 11 is 5.78. The second kappa shape index (κ2) is 7.51. The summed E-state index contributed by atoms with van der Waals surface area (Å²) in [5.41, 5.74) is -0.881. The van der Waals surface area contributed by atoms with Crippen molar-refractivity contribution in [2.24, 2.45) is 11.8 Å². The molecule has 2 heterocycles. The van der Waals surface area contributed by atoms with E-state index in [9.17, 15) is 14.0 Å². The first-order valence-corrected chi connectivity index (χ1v) is 9.93. The van der Waals surface area contributed by atoms with Crippen molar-refractivity contribution in [1.82, 2.24) is 20.4 Å². The molecule has 1 aliphatic carbocycles. The van der Waals surface area contributed by atoms with E-state index in [0.717, 1.165) is 12.8 Å². The predicted octanol–water partition coefficient (Wildman–Crippen LogP) is 4.01. The molecule has 10 heteroatoms. The minimum Gasteiger partial charge on any atom is -0.338 e. The highest BCUT2D eigenvalue weighted by molar-refractivity contribution is 6.32. The monoisotopic (exact) mass is 428 g/mol. The number of aromatic nitrogens is 2. The molecule has 0 spiro atoms. The molecule has 0 unspecified atom stereocenters. The fourth-order valence-electron chi connectivity index (χ4n) is 3.71. The zero-order chi connectivity index (χ0) is 20.8. The number of ketones is 1. The molecule has 1 aromatic carbocycles. The van der Waals surface area contributed by atoms with Gasteiger partial charge in [0.15, 0.2) is 5.82 Å². The number of nitrogens with one attached hydrogen (secondary N) is 2. The molecule has 29 heavy (non-hydrogen) atoms. The Balaban J connectivity index is 1.48. The zero-order valence-corrected chi connectivity index (χ0v) is 16.2. The van der Waals surface area contributed by atoms with E-state index in [2.05, 4.69) is 15.5 Å². The molecule has 1 saturated carbocycles. The number of benzene rings is 1. The first-order chi connectivity index (χ1) is 13.8. The van der Waals surface area contributed by atoms with Gasteiger partial charge in [0.2, 0.25) is 5.78 Å². The lowest BCUT2D eigenvalue weighted by Gasteiger charge is -2.35. The number of alkyl halides is 2. The summed E-state index contributed by atoms with van der Waals surface area (Å²) in [6.07, 6.45) is 3.38. The van der Waals surface area contributed by atoms with Gasteiger partial charge in [0.1, 0.15) is 0 Å². The molecule has 156 valence electrons.